The van der Waals surface area contributed by atoms with Crippen LogP contribution in [-0.2, 0) is 9.59 Å². The normalized spacial score (nSPS) is 22.4. The molecular formula is C15H28N4O2. The van der Waals surface area contributed by atoms with Gasteiger partial charge in [-0.25, -0.2) is 0 Å². The van der Waals surface area contributed by atoms with E-state index in [2.05, 4.69) is 4.90 Å². The van der Waals surface area contributed by atoms with Gasteiger partial charge in [0.05, 0.1) is 0 Å². The van der Waals surface area contributed by atoms with Crippen molar-refractivity contribution in [1.82, 2.24) is 9.80 Å². The molecule has 0 aromatic heterocycles. The lowest BCUT2D eigenvalue weighted by atomic mass is 9.96. The van der Waals surface area contributed by atoms with E-state index in [0.717, 1.165) is 64.8 Å². The summed E-state index contributed by atoms with van der Waals surface area (Å²) in [5.74, 6) is 0.127. The lowest BCUT2D eigenvalue weighted by molar-refractivity contribution is -0.132. The predicted octanol–water partition coefficient (Wildman–Crippen LogP) is -0.0864. The van der Waals surface area contributed by atoms with Crippen molar-refractivity contribution in [2.75, 3.05) is 32.7 Å². The maximum atomic E-state index is 12.1. The number of amides is 2. The van der Waals surface area contributed by atoms with E-state index in [0.29, 0.717) is 6.42 Å². The summed E-state index contributed by atoms with van der Waals surface area (Å²) < 4.78 is 0. The predicted molar refractivity (Wildman–Crippen MR) is 81.4 cm³/mol. The number of carbonyl (C=O) groups excluding carboxylic acids is 2. The van der Waals surface area contributed by atoms with E-state index in [4.69, 9.17) is 11.5 Å². The van der Waals surface area contributed by atoms with Crippen molar-refractivity contribution in [3.8, 4) is 0 Å². The van der Waals surface area contributed by atoms with E-state index in [1.54, 1.807) is 0 Å². The molecule has 0 aromatic carbocycles. The van der Waals surface area contributed by atoms with Crippen molar-refractivity contribution < 1.29 is 9.59 Å². The zero-order valence-corrected chi connectivity index (χ0v) is 12.8. The minimum atomic E-state index is -0.173. The Morgan fingerprint density at radius 3 is 2.19 bits per heavy atom. The smallest absolute Gasteiger partial charge is 0.222 e. The Bertz CT molecular complexity index is 359. The lowest BCUT2D eigenvalue weighted by Crippen LogP contribution is -2.43. The monoisotopic (exact) mass is 296 g/mol. The minimum absolute atomic E-state index is 0.0421. The van der Waals surface area contributed by atoms with Gasteiger partial charge in [-0.15, -0.1) is 0 Å². The summed E-state index contributed by atoms with van der Waals surface area (Å²) in [6.07, 6.45) is 5.06. The van der Waals surface area contributed by atoms with Crippen LogP contribution in [0.25, 0.3) is 0 Å². The van der Waals surface area contributed by atoms with Crippen molar-refractivity contribution in [1.29, 1.82) is 0 Å². The van der Waals surface area contributed by atoms with Gasteiger partial charge in [-0.1, -0.05) is 0 Å². The first-order valence-electron chi connectivity index (χ1n) is 8.11. The van der Waals surface area contributed by atoms with E-state index in [1.165, 1.54) is 0 Å². The first-order chi connectivity index (χ1) is 10.1. The summed E-state index contributed by atoms with van der Waals surface area (Å²) in [5, 5.41) is 0. The Morgan fingerprint density at radius 1 is 1.00 bits per heavy atom. The minimum Gasteiger partial charge on any atom is -0.369 e. The number of piperidine rings is 2. The Balaban J connectivity index is 1.59. The number of rotatable bonds is 5. The Hall–Kier alpha value is -1.14. The summed E-state index contributed by atoms with van der Waals surface area (Å²) in [4.78, 5) is 27.5. The van der Waals surface area contributed by atoms with Gasteiger partial charge in [0.1, 0.15) is 0 Å². The lowest BCUT2D eigenvalue weighted by Gasteiger charge is -2.32. The summed E-state index contributed by atoms with van der Waals surface area (Å²) >= 11 is 0. The van der Waals surface area contributed by atoms with Crippen LogP contribution < -0.4 is 11.5 Å². The summed E-state index contributed by atoms with van der Waals surface area (Å²) in [7, 11) is 0. The molecule has 0 atom stereocenters. The largest absolute Gasteiger partial charge is 0.369 e. The third-order valence-corrected chi connectivity index (χ3v) is 4.75. The summed E-state index contributed by atoms with van der Waals surface area (Å²) in [6.45, 7) is 4.39. The molecule has 21 heavy (non-hydrogen) atoms. The van der Waals surface area contributed by atoms with E-state index >= 15 is 0 Å². The van der Waals surface area contributed by atoms with Crippen LogP contribution in [0.4, 0.5) is 0 Å². The highest BCUT2D eigenvalue weighted by atomic mass is 16.2. The van der Waals surface area contributed by atoms with Crippen LogP contribution >= 0.6 is 0 Å². The number of nitrogens with zero attached hydrogens (tertiary/aromatic N) is 2. The second-order valence-corrected chi connectivity index (χ2v) is 6.34. The third-order valence-electron chi connectivity index (χ3n) is 4.75. The van der Waals surface area contributed by atoms with Gasteiger partial charge in [-0.05, 0) is 51.7 Å². The van der Waals surface area contributed by atoms with Crippen LogP contribution in [-0.4, -0.2) is 60.4 Å². The van der Waals surface area contributed by atoms with Crippen molar-refractivity contribution in [2.24, 2.45) is 17.4 Å². The number of hydrogen-bond acceptors (Lipinski definition) is 4. The molecule has 6 nitrogen and oxygen atoms in total. The molecule has 2 fully saturated rings. The Labute approximate surface area is 126 Å². The molecule has 0 unspecified atom stereocenters. The van der Waals surface area contributed by atoms with Gasteiger partial charge in [0.25, 0.3) is 0 Å². The molecule has 0 radical (unpaired) electrons. The maximum Gasteiger partial charge on any atom is 0.222 e. The molecule has 2 aliphatic heterocycles. The molecule has 2 heterocycles. The molecule has 0 spiro atoms. The molecular weight excluding hydrogens is 268 g/mol. The second-order valence-electron chi connectivity index (χ2n) is 6.34. The SMILES string of the molecule is NC(=O)C1CCN(CCCC(=O)N2CCC(N)CC2)CC1. The molecule has 2 rings (SSSR count). The fourth-order valence-corrected chi connectivity index (χ4v) is 3.20. The van der Waals surface area contributed by atoms with Crippen LogP contribution in [0.15, 0.2) is 0 Å². The third kappa shape index (κ3) is 4.97. The van der Waals surface area contributed by atoms with Gasteiger partial charge in [0.15, 0.2) is 0 Å². The number of nitrogens with two attached hydrogens (primary N) is 2. The maximum absolute atomic E-state index is 12.1. The molecule has 2 aliphatic rings. The van der Waals surface area contributed by atoms with E-state index in [9.17, 15) is 9.59 Å². The first kappa shape index (κ1) is 16.2. The van der Waals surface area contributed by atoms with Crippen molar-refractivity contribution in [3.63, 3.8) is 0 Å². The van der Waals surface area contributed by atoms with Gasteiger partial charge in [-0.3, -0.25) is 9.59 Å². The summed E-state index contributed by atoms with van der Waals surface area (Å²) in [6, 6.07) is 0.264. The van der Waals surface area contributed by atoms with Crippen LogP contribution in [0, 0.1) is 5.92 Å². The number of primary amides is 1. The molecule has 0 aliphatic carbocycles. The topological polar surface area (TPSA) is 92.7 Å². The number of carbonyl (C=O) groups is 2. The fraction of sp³-hybridized carbons (Fsp3) is 0.867. The highest BCUT2D eigenvalue weighted by molar-refractivity contribution is 5.77. The van der Waals surface area contributed by atoms with E-state index in [-0.39, 0.29) is 23.8 Å². The second kappa shape index (κ2) is 7.75. The van der Waals surface area contributed by atoms with Gasteiger partial charge in [0.2, 0.25) is 11.8 Å². The molecule has 2 saturated heterocycles. The number of hydrogen-bond donors (Lipinski definition) is 2. The number of likely N-dealkylation sites (tertiary alicyclic amines) is 2. The zero-order chi connectivity index (χ0) is 15.2. The molecule has 0 saturated carbocycles. The Kier molecular flexibility index (Phi) is 5.99. The molecule has 120 valence electrons. The van der Waals surface area contributed by atoms with Crippen molar-refractivity contribution in [2.45, 2.75) is 44.6 Å². The standard InChI is InChI=1S/C15H28N4O2/c16-13-5-10-19(11-6-13)14(20)2-1-7-18-8-3-12(4-9-18)15(17)21/h12-13H,1-11,16H2,(H2,17,21). The van der Waals surface area contributed by atoms with E-state index in [1.807, 2.05) is 4.90 Å². The first-order valence-corrected chi connectivity index (χ1v) is 8.11. The van der Waals surface area contributed by atoms with E-state index < -0.39 is 0 Å². The fourth-order valence-electron chi connectivity index (χ4n) is 3.20. The van der Waals surface area contributed by atoms with Crippen LogP contribution in [0.3, 0.4) is 0 Å². The van der Waals surface area contributed by atoms with Crippen LogP contribution in [0.1, 0.15) is 38.5 Å². The highest BCUT2D eigenvalue weighted by Gasteiger charge is 2.23. The van der Waals surface area contributed by atoms with Crippen LogP contribution in [0.2, 0.25) is 0 Å². The quantitative estimate of drug-likeness (QED) is 0.742. The van der Waals surface area contributed by atoms with Gasteiger partial charge >= 0.3 is 0 Å². The Morgan fingerprint density at radius 2 is 1.62 bits per heavy atom. The van der Waals surface area contributed by atoms with Gasteiger partial charge in [0, 0.05) is 31.5 Å². The molecule has 4 N–H and O–H groups in total. The zero-order valence-electron chi connectivity index (χ0n) is 12.8. The molecule has 6 heteroatoms. The average molecular weight is 296 g/mol. The average Bonchev–Trinajstić information content (AvgIpc) is 2.48. The summed E-state index contributed by atoms with van der Waals surface area (Å²) in [5.41, 5.74) is 11.2. The molecule has 2 amide bonds. The van der Waals surface area contributed by atoms with Gasteiger partial charge < -0.3 is 21.3 Å². The highest BCUT2D eigenvalue weighted by Crippen LogP contribution is 2.17. The molecule has 0 aromatic rings. The van der Waals surface area contributed by atoms with Crippen molar-refractivity contribution >= 4 is 11.8 Å². The molecule has 0 bridgehead atoms. The van der Waals surface area contributed by atoms with Crippen molar-refractivity contribution in [3.05, 3.63) is 0 Å². The van der Waals surface area contributed by atoms with Gasteiger partial charge in [-0.2, -0.15) is 0 Å². The van der Waals surface area contributed by atoms with Crippen LogP contribution in [0.5, 0.6) is 0 Å².